The van der Waals surface area contributed by atoms with Gasteiger partial charge in [-0.05, 0) is 51.0 Å². The number of hydrogen-bond donors (Lipinski definition) is 0. The smallest absolute Gasteiger partial charge is 0.404 e. The molecule has 2 rings (SSSR count). The third-order valence-electron chi connectivity index (χ3n) is 3.60. The number of phosphoric ester groups is 1. The van der Waals surface area contributed by atoms with Crippen LogP contribution in [0.1, 0.15) is 56.3 Å². The molecule has 122 valence electrons. The Morgan fingerprint density at radius 3 is 2.36 bits per heavy atom. The van der Waals surface area contributed by atoms with Crippen LogP contribution in [0.15, 0.2) is 24.3 Å². The highest BCUT2D eigenvalue weighted by Gasteiger charge is 2.32. The second kappa shape index (κ2) is 7.91. The zero-order valence-electron chi connectivity index (χ0n) is 13.1. The average Bonchev–Trinajstić information content (AvgIpc) is 2.48. The highest BCUT2D eigenvalue weighted by Crippen LogP contribution is 2.51. The van der Waals surface area contributed by atoms with Crippen LogP contribution in [0, 0.1) is 0 Å². The molecule has 0 amide bonds. The summed E-state index contributed by atoms with van der Waals surface area (Å²) in [4.78, 5) is 11.3. The van der Waals surface area contributed by atoms with E-state index in [1.165, 1.54) is 13.3 Å². The van der Waals surface area contributed by atoms with Gasteiger partial charge >= 0.3 is 7.82 Å². The molecule has 0 heterocycles. The van der Waals surface area contributed by atoms with E-state index in [1.54, 1.807) is 31.2 Å². The van der Waals surface area contributed by atoms with Crippen molar-refractivity contribution in [2.24, 2.45) is 0 Å². The van der Waals surface area contributed by atoms with Gasteiger partial charge < -0.3 is 4.52 Å². The van der Waals surface area contributed by atoms with Gasteiger partial charge in [-0.1, -0.05) is 19.3 Å². The maximum absolute atomic E-state index is 12.7. The number of rotatable bonds is 7. The molecule has 22 heavy (non-hydrogen) atoms. The molecule has 0 bridgehead atoms. The Bertz CT molecular complexity index is 534. The van der Waals surface area contributed by atoms with Crippen LogP contribution in [0.25, 0.3) is 0 Å². The molecule has 6 heteroatoms. The summed E-state index contributed by atoms with van der Waals surface area (Å²) in [5, 5.41) is 0. The number of benzene rings is 1. The molecule has 0 saturated heterocycles. The van der Waals surface area contributed by atoms with E-state index in [2.05, 4.69) is 0 Å². The summed E-state index contributed by atoms with van der Waals surface area (Å²) in [7, 11) is -3.63. The van der Waals surface area contributed by atoms with Gasteiger partial charge in [-0.15, -0.1) is 0 Å². The second-order valence-electron chi connectivity index (χ2n) is 5.40. The van der Waals surface area contributed by atoms with Crippen LogP contribution in [0.5, 0.6) is 5.75 Å². The molecule has 0 N–H and O–H groups in total. The minimum absolute atomic E-state index is 0.0296. The standard InChI is InChI=1S/C16H23O5P/c1-3-19-22(18,20-15-7-5-4-6-8-15)21-16-11-9-14(10-12-16)13(2)17/h9-12,15H,3-8H2,1-2H3. The third kappa shape index (κ3) is 4.94. The topological polar surface area (TPSA) is 61.8 Å². The van der Waals surface area contributed by atoms with Crippen LogP contribution in [-0.2, 0) is 13.6 Å². The lowest BCUT2D eigenvalue weighted by Gasteiger charge is -2.26. The first-order valence-corrected chi connectivity index (χ1v) is 9.22. The minimum Gasteiger partial charge on any atom is -0.404 e. The van der Waals surface area contributed by atoms with Crippen molar-refractivity contribution in [3.8, 4) is 5.75 Å². The summed E-state index contributed by atoms with van der Waals surface area (Å²) in [6.07, 6.45) is 5.01. The van der Waals surface area contributed by atoms with Gasteiger partial charge in [0.25, 0.3) is 0 Å². The fourth-order valence-corrected chi connectivity index (χ4v) is 3.90. The van der Waals surface area contributed by atoms with E-state index in [-0.39, 0.29) is 18.5 Å². The van der Waals surface area contributed by atoms with Gasteiger partial charge in [0.2, 0.25) is 0 Å². The SMILES string of the molecule is CCOP(=O)(Oc1ccc(C(C)=O)cc1)OC1CCCCC1. The summed E-state index contributed by atoms with van der Waals surface area (Å²) in [6.45, 7) is 3.49. The summed E-state index contributed by atoms with van der Waals surface area (Å²) in [5.41, 5.74) is 0.576. The first-order valence-electron chi connectivity index (χ1n) is 7.76. The minimum atomic E-state index is -3.63. The molecule has 1 fully saturated rings. The molecular weight excluding hydrogens is 303 g/mol. The van der Waals surface area contributed by atoms with Crippen LogP contribution in [0.3, 0.4) is 0 Å². The summed E-state index contributed by atoms with van der Waals surface area (Å²) < 4.78 is 29.1. The molecule has 0 radical (unpaired) electrons. The van der Waals surface area contributed by atoms with E-state index in [1.807, 2.05) is 0 Å². The Kier molecular flexibility index (Phi) is 6.18. The molecule has 1 atom stereocenters. The number of phosphoric acid groups is 1. The predicted molar refractivity (Wildman–Crippen MR) is 84.3 cm³/mol. The van der Waals surface area contributed by atoms with Crippen LogP contribution in [-0.4, -0.2) is 18.5 Å². The van der Waals surface area contributed by atoms with Crippen LogP contribution < -0.4 is 4.52 Å². The van der Waals surface area contributed by atoms with E-state index in [4.69, 9.17) is 13.6 Å². The molecule has 1 aliphatic carbocycles. The van der Waals surface area contributed by atoms with Crippen molar-refractivity contribution in [3.05, 3.63) is 29.8 Å². The molecule has 0 aromatic heterocycles. The molecule has 1 aromatic carbocycles. The van der Waals surface area contributed by atoms with Gasteiger partial charge in [-0.25, -0.2) is 4.57 Å². The first-order chi connectivity index (χ1) is 10.5. The van der Waals surface area contributed by atoms with E-state index in [0.717, 1.165) is 25.7 Å². The fourth-order valence-electron chi connectivity index (χ4n) is 2.47. The maximum atomic E-state index is 12.7. The Labute approximate surface area is 131 Å². The zero-order chi connectivity index (χ0) is 16.0. The van der Waals surface area contributed by atoms with Gasteiger partial charge in [-0.3, -0.25) is 13.8 Å². The van der Waals surface area contributed by atoms with Crippen LogP contribution >= 0.6 is 7.82 Å². The Balaban J connectivity index is 2.05. The lowest BCUT2D eigenvalue weighted by molar-refractivity contribution is 0.0892. The van der Waals surface area contributed by atoms with Crippen molar-refractivity contribution in [2.45, 2.75) is 52.1 Å². The normalized spacial score (nSPS) is 18.6. The van der Waals surface area contributed by atoms with Crippen molar-refractivity contribution in [1.29, 1.82) is 0 Å². The molecule has 1 unspecified atom stereocenters. The predicted octanol–water partition coefficient (Wildman–Crippen LogP) is 4.76. The van der Waals surface area contributed by atoms with E-state index < -0.39 is 7.82 Å². The van der Waals surface area contributed by atoms with Crippen molar-refractivity contribution in [3.63, 3.8) is 0 Å². The highest BCUT2D eigenvalue weighted by molar-refractivity contribution is 7.48. The van der Waals surface area contributed by atoms with E-state index in [0.29, 0.717) is 11.3 Å². The Morgan fingerprint density at radius 1 is 1.18 bits per heavy atom. The third-order valence-corrected chi connectivity index (χ3v) is 5.16. The largest absolute Gasteiger partial charge is 0.530 e. The summed E-state index contributed by atoms with van der Waals surface area (Å²) >= 11 is 0. The van der Waals surface area contributed by atoms with Gasteiger partial charge in [0.15, 0.2) is 5.78 Å². The lowest BCUT2D eigenvalue weighted by Crippen LogP contribution is -2.17. The first kappa shape index (κ1) is 17.2. The van der Waals surface area contributed by atoms with Crippen molar-refractivity contribution < 1.29 is 22.9 Å². The number of hydrogen-bond acceptors (Lipinski definition) is 5. The van der Waals surface area contributed by atoms with E-state index in [9.17, 15) is 9.36 Å². The second-order valence-corrected chi connectivity index (χ2v) is 6.95. The molecule has 0 spiro atoms. The molecule has 0 aliphatic heterocycles. The molecule has 1 saturated carbocycles. The van der Waals surface area contributed by atoms with Gasteiger partial charge in [0.05, 0.1) is 12.7 Å². The molecule has 1 aromatic rings. The zero-order valence-corrected chi connectivity index (χ0v) is 14.0. The highest BCUT2D eigenvalue weighted by atomic mass is 31.2. The van der Waals surface area contributed by atoms with Crippen molar-refractivity contribution in [2.75, 3.05) is 6.61 Å². The number of carbonyl (C=O) groups is 1. The Morgan fingerprint density at radius 2 is 1.82 bits per heavy atom. The van der Waals surface area contributed by atoms with Crippen molar-refractivity contribution >= 4 is 13.6 Å². The lowest BCUT2D eigenvalue weighted by atomic mass is 9.98. The van der Waals surface area contributed by atoms with Gasteiger partial charge in [0.1, 0.15) is 5.75 Å². The van der Waals surface area contributed by atoms with Gasteiger partial charge in [0, 0.05) is 5.56 Å². The van der Waals surface area contributed by atoms with Crippen molar-refractivity contribution in [1.82, 2.24) is 0 Å². The molecule has 1 aliphatic rings. The number of Topliss-reactive ketones (excluding diaryl/α,β-unsaturated/α-hetero) is 1. The van der Waals surface area contributed by atoms with Crippen LogP contribution in [0.2, 0.25) is 0 Å². The average molecular weight is 326 g/mol. The molecule has 5 nitrogen and oxygen atoms in total. The molecular formula is C16H23O5P. The van der Waals surface area contributed by atoms with Crippen LogP contribution in [0.4, 0.5) is 0 Å². The summed E-state index contributed by atoms with van der Waals surface area (Å²) in [5.74, 6) is 0.343. The number of ketones is 1. The number of carbonyl (C=O) groups excluding carboxylic acids is 1. The maximum Gasteiger partial charge on any atom is 0.530 e. The van der Waals surface area contributed by atoms with E-state index >= 15 is 0 Å². The summed E-state index contributed by atoms with van der Waals surface area (Å²) in [6, 6.07) is 6.47. The monoisotopic (exact) mass is 326 g/mol. The Hall–Kier alpha value is -1.16. The fraction of sp³-hybridized carbons (Fsp3) is 0.562. The van der Waals surface area contributed by atoms with Gasteiger partial charge in [-0.2, -0.15) is 0 Å². The quantitative estimate of drug-likeness (QED) is 0.534.